The van der Waals surface area contributed by atoms with Gasteiger partial charge in [-0.3, -0.25) is 10.1 Å². The topological polar surface area (TPSA) is 115 Å². The van der Waals surface area contributed by atoms with E-state index in [9.17, 15) is 18.5 Å². The molecule has 0 amide bonds. The molecule has 0 aliphatic heterocycles. The largest absolute Gasteiger partial charge is 0.324 e. The van der Waals surface area contributed by atoms with Crippen molar-refractivity contribution in [2.24, 2.45) is 5.73 Å². The van der Waals surface area contributed by atoms with Gasteiger partial charge in [0.1, 0.15) is 0 Å². The predicted molar refractivity (Wildman–Crippen MR) is 98.7 cm³/mol. The van der Waals surface area contributed by atoms with Crippen LogP contribution in [0.5, 0.6) is 0 Å². The second-order valence-electron chi connectivity index (χ2n) is 5.12. The molecule has 1 atom stereocenters. The fraction of sp³-hybridized carbons (Fsp3) is 0.200. The average molecular weight is 406 g/mol. The molecule has 0 unspecified atom stereocenters. The van der Waals surface area contributed by atoms with Crippen LogP contribution < -0.4 is 10.5 Å². The van der Waals surface area contributed by atoms with Gasteiger partial charge in [0.05, 0.1) is 9.82 Å². The van der Waals surface area contributed by atoms with Gasteiger partial charge in [-0.2, -0.15) is 0 Å². The lowest BCUT2D eigenvalue weighted by Crippen LogP contribution is -2.22. The maximum Gasteiger partial charge on any atom is 0.269 e. The fourth-order valence-electron chi connectivity index (χ4n) is 2.28. The molecule has 25 heavy (non-hydrogen) atoms. The minimum atomic E-state index is -3.76. The van der Waals surface area contributed by atoms with E-state index in [0.717, 1.165) is 11.6 Å². The van der Waals surface area contributed by atoms with Gasteiger partial charge < -0.3 is 5.73 Å². The van der Waals surface area contributed by atoms with Crippen LogP contribution in [0.1, 0.15) is 17.2 Å². The first-order valence-electron chi connectivity index (χ1n) is 6.96. The zero-order valence-corrected chi connectivity index (χ0v) is 15.6. The van der Waals surface area contributed by atoms with Crippen molar-refractivity contribution in [3.63, 3.8) is 0 Å². The lowest BCUT2D eigenvalue weighted by atomic mass is 9.99. The quantitative estimate of drug-likeness (QED) is 0.565. The number of nitrogens with two attached hydrogens (primary N) is 1. The van der Waals surface area contributed by atoms with Crippen LogP contribution in [0, 0.1) is 10.1 Å². The number of nitro benzene ring substituents is 1. The van der Waals surface area contributed by atoms with Gasteiger partial charge >= 0.3 is 0 Å². The molecule has 0 radical (unpaired) electrons. The third-order valence-electron chi connectivity index (χ3n) is 3.55. The zero-order valence-electron chi connectivity index (χ0n) is 13.2. The van der Waals surface area contributed by atoms with Crippen molar-refractivity contribution in [3.05, 3.63) is 68.7 Å². The second-order valence-corrected chi connectivity index (χ2v) is 7.41. The van der Waals surface area contributed by atoms with Crippen molar-refractivity contribution in [2.45, 2.75) is 17.4 Å². The summed E-state index contributed by atoms with van der Waals surface area (Å²) in [5.41, 5.74) is 6.96. The van der Waals surface area contributed by atoms with Crippen molar-refractivity contribution >= 4 is 39.7 Å². The van der Waals surface area contributed by atoms with Gasteiger partial charge in [0.25, 0.3) is 5.69 Å². The lowest BCUT2D eigenvalue weighted by molar-refractivity contribution is -0.385. The molecule has 0 fully saturated rings. The van der Waals surface area contributed by atoms with E-state index in [0.29, 0.717) is 5.02 Å². The molecular formula is C15H17Cl2N3O4S. The summed E-state index contributed by atoms with van der Waals surface area (Å²) in [5, 5.41) is 11.5. The van der Waals surface area contributed by atoms with E-state index in [1.54, 1.807) is 24.3 Å². The highest BCUT2D eigenvalue weighted by atomic mass is 35.5. The Balaban J connectivity index is 0.00000312. The highest BCUT2D eigenvalue weighted by molar-refractivity contribution is 7.89. The van der Waals surface area contributed by atoms with Crippen LogP contribution >= 0.6 is 24.0 Å². The summed E-state index contributed by atoms with van der Waals surface area (Å²) in [5.74, 6) is 0. The first-order chi connectivity index (χ1) is 11.2. The molecule has 7 nitrogen and oxygen atoms in total. The van der Waals surface area contributed by atoms with E-state index in [2.05, 4.69) is 4.72 Å². The van der Waals surface area contributed by atoms with E-state index in [1.165, 1.54) is 19.2 Å². The number of halogens is 2. The number of hydrogen-bond donors (Lipinski definition) is 2. The zero-order chi connectivity index (χ0) is 17.9. The molecule has 0 spiro atoms. The highest BCUT2D eigenvalue weighted by Crippen LogP contribution is 2.26. The van der Waals surface area contributed by atoms with Gasteiger partial charge in [-0.15, -0.1) is 12.4 Å². The fourth-order valence-corrected chi connectivity index (χ4v) is 3.36. The normalized spacial score (nSPS) is 12.3. The Morgan fingerprint density at radius 2 is 1.84 bits per heavy atom. The van der Waals surface area contributed by atoms with Gasteiger partial charge in [0, 0.05) is 23.2 Å². The van der Waals surface area contributed by atoms with E-state index < -0.39 is 21.0 Å². The Labute approximate surface area is 156 Å². The minimum Gasteiger partial charge on any atom is -0.324 e. The number of sulfonamides is 1. The standard InChI is InChI=1S/C15H16ClN3O4S.ClH/c1-18-24(22,23)15-7-6-13(19(20)21)8-11(15)9-14(17)10-2-4-12(16)5-3-10;/h2-8,14,18H,9,17H2,1H3;1H/t14-;/m0./s1. The highest BCUT2D eigenvalue weighted by Gasteiger charge is 2.21. The van der Waals surface area contributed by atoms with Gasteiger partial charge in [0.15, 0.2) is 0 Å². The van der Waals surface area contributed by atoms with E-state index >= 15 is 0 Å². The molecule has 0 aliphatic carbocycles. The number of non-ortho nitro benzene ring substituents is 1. The number of nitrogens with one attached hydrogen (secondary N) is 1. The molecule has 0 saturated carbocycles. The maximum atomic E-state index is 12.1. The van der Waals surface area contributed by atoms with Gasteiger partial charge in [-0.1, -0.05) is 23.7 Å². The Morgan fingerprint density at radius 3 is 2.36 bits per heavy atom. The predicted octanol–water partition coefficient (Wildman–Crippen LogP) is 2.82. The van der Waals surface area contributed by atoms with Crippen LogP contribution in [-0.2, 0) is 16.4 Å². The first-order valence-corrected chi connectivity index (χ1v) is 8.82. The Kier molecular flexibility index (Phi) is 7.33. The summed E-state index contributed by atoms with van der Waals surface area (Å²) in [6, 6.07) is 9.89. The number of nitrogens with zero attached hydrogens (tertiary/aromatic N) is 1. The molecule has 2 rings (SSSR count). The molecule has 2 aromatic carbocycles. The Morgan fingerprint density at radius 1 is 1.24 bits per heavy atom. The van der Waals surface area contributed by atoms with E-state index in [4.69, 9.17) is 17.3 Å². The Bertz CT molecular complexity index is 858. The molecular weight excluding hydrogens is 389 g/mol. The minimum absolute atomic E-state index is 0. The first kappa shape index (κ1) is 21.3. The SMILES string of the molecule is CNS(=O)(=O)c1ccc([N+](=O)[O-])cc1C[C@H](N)c1ccc(Cl)cc1.Cl. The molecule has 0 aliphatic rings. The van der Waals surface area contributed by atoms with Crippen molar-refractivity contribution in [1.29, 1.82) is 0 Å². The summed E-state index contributed by atoms with van der Waals surface area (Å²) >= 11 is 5.83. The monoisotopic (exact) mass is 405 g/mol. The van der Waals surface area contributed by atoms with E-state index in [-0.39, 0.29) is 35.0 Å². The van der Waals surface area contributed by atoms with Crippen molar-refractivity contribution < 1.29 is 13.3 Å². The van der Waals surface area contributed by atoms with Crippen LogP contribution in [-0.4, -0.2) is 20.4 Å². The summed E-state index contributed by atoms with van der Waals surface area (Å²) < 4.78 is 26.5. The number of hydrogen-bond acceptors (Lipinski definition) is 5. The molecule has 0 heterocycles. The van der Waals surface area contributed by atoms with Crippen LogP contribution in [0.25, 0.3) is 0 Å². The number of nitro groups is 1. The summed E-state index contributed by atoms with van der Waals surface area (Å²) in [6.45, 7) is 0. The maximum absolute atomic E-state index is 12.1. The van der Waals surface area contributed by atoms with Crippen LogP contribution in [0.15, 0.2) is 47.4 Å². The molecule has 136 valence electrons. The Hall–Kier alpha value is -1.71. The van der Waals surface area contributed by atoms with Gasteiger partial charge in [-0.05, 0) is 42.8 Å². The molecule has 10 heteroatoms. The molecule has 0 bridgehead atoms. The smallest absolute Gasteiger partial charge is 0.269 e. The van der Waals surface area contributed by atoms with Crippen molar-refractivity contribution in [2.75, 3.05) is 7.05 Å². The van der Waals surface area contributed by atoms with Gasteiger partial charge in [0.2, 0.25) is 10.0 Å². The summed E-state index contributed by atoms with van der Waals surface area (Å²) in [7, 11) is -2.48. The van der Waals surface area contributed by atoms with Crippen molar-refractivity contribution in [1.82, 2.24) is 4.72 Å². The third kappa shape index (κ3) is 5.13. The van der Waals surface area contributed by atoms with Crippen molar-refractivity contribution in [3.8, 4) is 0 Å². The molecule has 3 N–H and O–H groups in total. The third-order valence-corrected chi connectivity index (χ3v) is 5.32. The average Bonchev–Trinajstić information content (AvgIpc) is 2.55. The van der Waals surface area contributed by atoms with Crippen LogP contribution in [0.2, 0.25) is 5.02 Å². The summed E-state index contributed by atoms with van der Waals surface area (Å²) in [6.07, 6.45) is 0.125. The lowest BCUT2D eigenvalue weighted by Gasteiger charge is -2.15. The van der Waals surface area contributed by atoms with Crippen LogP contribution in [0.4, 0.5) is 5.69 Å². The molecule has 0 aromatic heterocycles. The van der Waals surface area contributed by atoms with Crippen LogP contribution in [0.3, 0.4) is 0 Å². The molecule has 2 aromatic rings. The number of rotatable bonds is 6. The summed E-state index contributed by atoms with van der Waals surface area (Å²) in [4.78, 5) is 10.4. The van der Waals surface area contributed by atoms with Gasteiger partial charge in [-0.25, -0.2) is 13.1 Å². The molecule has 0 saturated heterocycles. The van der Waals surface area contributed by atoms with E-state index in [1.807, 2.05) is 0 Å². The number of benzene rings is 2. The second kappa shape index (κ2) is 8.59.